The number of hydrazine groups is 1. The van der Waals surface area contributed by atoms with Gasteiger partial charge in [-0.15, -0.1) is 0 Å². The van der Waals surface area contributed by atoms with Gasteiger partial charge in [0.25, 0.3) is 0 Å². The van der Waals surface area contributed by atoms with Gasteiger partial charge >= 0.3 is 0 Å². The number of benzene rings is 1. The zero-order valence-electron chi connectivity index (χ0n) is 10.5. The van der Waals surface area contributed by atoms with Gasteiger partial charge in [0.05, 0.1) is 17.0 Å². The normalized spacial score (nSPS) is 11.1. The first-order valence-electron chi connectivity index (χ1n) is 5.32. The summed E-state index contributed by atoms with van der Waals surface area (Å²) in [6.07, 6.45) is 0. The summed E-state index contributed by atoms with van der Waals surface area (Å²) in [6, 6.07) is 7.58. The number of amides is 1. The predicted molar refractivity (Wildman–Crippen MR) is 68.2 cm³/mol. The molecule has 0 radical (unpaired) electrons. The van der Waals surface area contributed by atoms with Crippen LogP contribution in [0.4, 0.5) is 0 Å². The topological polar surface area (TPSA) is 102 Å². The Hall–Kier alpha value is -1.95. The molecule has 0 unspecified atom stereocenters. The van der Waals surface area contributed by atoms with E-state index in [4.69, 9.17) is 5.26 Å². The molecule has 0 atom stereocenters. The van der Waals surface area contributed by atoms with Crippen LogP contribution in [0.2, 0.25) is 0 Å². The highest BCUT2D eigenvalue weighted by molar-refractivity contribution is 7.89. The Morgan fingerprint density at radius 1 is 1.37 bits per heavy atom. The molecule has 0 saturated heterocycles. The number of sulfonamides is 1. The van der Waals surface area contributed by atoms with Crippen molar-refractivity contribution in [2.75, 3.05) is 20.6 Å². The molecule has 0 aliphatic carbocycles. The highest BCUT2D eigenvalue weighted by atomic mass is 32.2. The molecule has 1 amide bonds. The molecule has 0 spiro atoms. The number of nitrogens with one attached hydrogen (secondary N) is 2. The summed E-state index contributed by atoms with van der Waals surface area (Å²) < 4.78 is 26.0. The van der Waals surface area contributed by atoms with E-state index in [1.165, 1.54) is 23.2 Å². The van der Waals surface area contributed by atoms with E-state index in [0.717, 1.165) is 0 Å². The molecule has 1 aromatic carbocycles. The molecule has 7 nitrogen and oxygen atoms in total. The second-order valence-corrected chi connectivity index (χ2v) is 5.60. The number of nitriles is 1. The minimum Gasteiger partial charge on any atom is -0.288 e. The van der Waals surface area contributed by atoms with Crippen molar-refractivity contribution in [2.24, 2.45) is 0 Å². The van der Waals surface area contributed by atoms with Crippen LogP contribution in [0, 0.1) is 11.3 Å². The van der Waals surface area contributed by atoms with Crippen LogP contribution >= 0.6 is 0 Å². The maximum Gasteiger partial charge on any atom is 0.249 e. The van der Waals surface area contributed by atoms with E-state index in [1.807, 2.05) is 0 Å². The summed E-state index contributed by atoms with van der Waals surface area (Å²) in [4.78, 5) is 11.2. The van der Waals surface area contributed by atoms with Crippen molar-refractivity contribution in [3.63, 3.8) is 0 Å². The number of carbonyl (C=O) groups is 1. The molecule has 0 aliphatic heterocycles. The number of rotatable bonds is 5. The Morgan fingerprint density at radius 3 is 2.58 bits per heavy atom. The zero-order valence-corrected chi connectivity index (χ0v) is 11.4. The Kier molecular flexibility index (Phi) is 5.00. The molecule has 0 bridgehead atoms. The molecule has 0 aromatic heterocycles. The van der Waals surface area contributed by atoms with E-state index in [-0.39, 0.29) is 10.5 Å². The maximum absolute atomic E-state index is 11.9. The minimum atomic E-state index is -3.89. The van der Waals surface area contributed by atoms with Gasteiger partial charge in [-0.2, -0.15) is 5.26 Å². The lowest BCUT2D eigenvalue weighted by Crippen LogP contribution is -2.43. The van der Waals surface area contributed by atoms with Gasteiger partial charge in [-0.3, -0.25) is 10.2 Å². The minimum absolute atomic E-state index is 0.0306. The van der Waals surface area contributed by atoms with Crippen molar-refractivity contribution >= 4 is 15.9 Å². The Morgan fingerprint density at radius 2 is 2.00 bits per heavy atom. The summed E-state index contributed by atoms with van der Waals surface area (Å²) >= 11 is 0. The average molecular weight is 282 g/mol. The molecule has 2 N–H and O–H groups in total. The maximum atomic E-state index is 11.9. The highest BCUT2D eigenvalue weighted by Gasteiger charge is 2.19. The van der Waals surface area contributed by atoms with Gasteiger partial charge in [-0.1, -0.05) is 12.1 Å². The molecular formula is C11H14N4O3S. The zero-order chi connectivity index (χ0) is 14.5. The molecule has 0 fully saturated rings. The molecule has 0 aliphatic rings. The first kappa shape index (κ1) is 15.1. The third-order valence-corrected chi connectivity index (χ3v) is 3.53. The molecular weight excluding hydrogens is 268 g/mol. The number of hydrogen-bond donors (Lipinski definition) is 2. The predicted octanol–water partition coefficient (Wildman–Crippen LogP) is -0.571. The quantitative estimate of drug-likeness (QED) is 0.704. The second kappa shape index (κ2) is 6.29. The smallest absolute Gasteiger partial charge is 0.249 e. The van der Waals surface area contributed by atoms with Crippen LogP contribution in [-0.4, -0.2) is 40.0 Å². The van der Waals surface area contributed by atoms with E-state index in [1.54, 1.807) is 26.2 Å². The summed E-state index contributed by atoms with van der Waals surface area (Å²) in [7, 11) is -0.669. The van der Waals surface area contributed by atoms with Crippen LogP contribution in [-0.2, 0) is 14.8 Å². The highest BCUT2D eigenvalue weighted by Crippen LogP contribution is 2.13. The van der Waals surface area contributed by atoms with Crippen LogP contribution in [0.5, 0.6) is 0 Å². The fourth-order valence-corrected chi connectivity index (χ4v) is 2.46. The first-order valence-corrected chi connectivity index (χ1v) is 6.80. The van der Waals surface area contributed by atoms with Crippen LogP contribution < -0.4 is 10.1 Å². The summed E-state index contributed by atoms with van der Waals surface area (Å²) in [5.41, 5.74) is 2.43. The molecule has 102 valence electrons. The van der Waals surface area contributed by atoms with E-state index in [9.17, 15) is 13.2 Å². The monoisotopic (exact) mass is 282 g/mol. The molecule has 0 saturated carbocycles. The number of hydrogen-bond acceptors (Lipinski definition) is 5. The van der Waals surface area contributed by atoms with Gasteiger partial charge in [-0.05, 0) is 12.1 Å². The van der Waals surface area contributed by atoms with Crippen LogP contribution in [0.1, 0.15) is 5.56 Å². The molecule has 19 heavy (non-hydrogen) atoms. The summed E-state index contributed by atoms with van der Waals surface area (Å²) in [5.74, 6) is -0.497. The standard InChI is InChI=1S/C11H14N4O3S/c1-15(2)14-11(16)8-13-19(17,18)10-6-4-3-5-9(10)7-12/h3-6,13H,8H2,1-2H3,(H,14,16). The summed E-state index contributed by atoms with van der Waals surface area (Å²) in [6.45, 7) is -0.403. The Balaban J connectivity index is 2.83. The van der Waals surface area contributed by atoms with Crippen molar-refractivity contribution in [3.8, 4) is 6.07 Å². The van der Waals surface area contributed by atoms with E-state index in [0.29, 0.717) is 0 Å². The lowest BCUT2D eigenvalue weighted by atomic mass is 10.2. The largest absolute Gasteiger partial charge is 0.288 e. The van der Waals surface area contributed by atoms with Gasteiger partial charge in [0.1, 0.15) is 6.07 Å². The second-order valence-electron chi connectivity index (χ2n) is 3.86. The summed E-state index contributed by atoms with van der Waals surface area (Å²) in [5, 5.41) is 10.3. The van der Waals surface area contributed by atoms with Gasteiger partial charge in [0.2, 0.25) is 15.9 Å². The van der Waals surface area contributed by atoms with Gasteiger partial charge < -0.3 is 0 Å². The molecule has 1 aromatic rings. The first-order chi connectivity index (χ1) is 8.86. The van der Waals surface area contributed by atoms with Crippen LogP contribution in [0.15, 0.2) is 29.2 Å². The molecule has 8 heteroatoms. The third-order valence-electron chi connectivity index (χ3n) is 2.07. The average Bonchev–Trinajstić information content (AvgIpc) is 2.36. The van der Waals surface area contributed by atoms with E-state index < -0.39 is 22.5 Å². The van der Waals surface area contributed by atoms with Gasteiger partial charge in [-0.25, -0.2) is 18.1 Å². The SMILES string of the molecule is CN(C)NC(=O)CNS(=O)(=O)c1ccccc1C#N. The number of carbonyl (C=O) groups excluding carboxylic acids is 1. The van der Waals surface area contributed by atoms with E-state index in [2.05, 4.69) is 10.1 Å². The van der Waals surface area contributed by atoms with Crippen LogP contribution in [0.25, 0.3) is 0 Å². The van der Waals surface area contributed by atoms with Crippen molar-refractivity contribution in [1.82, 2.24) is 15.2 Å². The van der Waals surface area contributed by atoms with Gasteiger partial charge in [0, 0.05) is 14.1 Å². The molecule has 0 heterocycles. The lowest BCUT2D eigenvalue weighted by Gasteiger charge is -2.12. The molecule has 1 rings (SSSR count). The fourth-order valence-electron chi connectivity index (χ4n) is 1.32. The van der Waals surface area contributed by atoms with Crippen molar-refractivity contribution in [3.05, 3.63) is 29.8 Å². The van der Waals surface area contributed by atoms with E-state index >= 15 is 0 Å². The van der Waals surface area contributed by atoms with Crippen molar-refractivity contribution in [2.45, 2.75) is 4.90 Å². The third kappa shape index (κ3) is 4.33. The van der Waals surface area contributed by atoms with Crippen molar-refractivity contribution in [1.29, 1.82) is 5.26 Å². The van der Waals surface area contributed by atoms with Gasteiger partial charge in [0.15, 0.2) is 0 Å². The number of nitrogens with zero attached hydrogens (tertiary/aromatic N) is 2. The van der Waals surface area contributed by atoms with Crippen LogP contribution in [0.3, 0.4) is 0 Å². The Labute approximate surface area is 111 Å². The fraction of sp³-hybridized carbons (Fsp3) is 0.273. The van der Waals surface area contributed by atoms with Crippen molar-refractivity contribution < 1.29 is 13.2 Å². The lowest BCUT2D eigenvalue weighted by molar-refractivity contribution is -0.123. The Bertz CT molecular complexity index is 605.